The summed E-state index contributed by atoms with van der Waals surface area (Å²) in [6.07, 6.45) is -6.29. The molecule has 1 fully saturated rings. The van der Waals surface area contributed by atoms with Crippen LogP contribution in [0.5, 0.6) is 0 Å². The lowest BCUT2D eigenvalue weighted by atomic mass is 9.81. The highest BCUT2D eigenvalue weighted by Gasteiger charge is 2.55. The SMILES string of the molecule is OC[C@H]1O[C@H](O)[C@](O)(c2ccc(N=C=S)cc2)[C@@H](O)[C@@H]1O. The van der Waals surface area contributed by atoms with Crippen LogP contribution < -0.4 is 0 Å². The molecule has 0 unspecified atom stereocenters. The van der Waals surface area contributed by atoms with Gasteiger partial charge < -0.3 is 30.3 Å². The fourth-order valence-corrected chi connectivity index (χ4v) is 2.38. The number of nitrogens with zero attached hydrogens (tertiary/aromatic N) is 1. The van der Waals surface area contributed by atoms with Gasteiger partial charge in [-0.05, 0) is 29.9 Å². The van der Waals surface area contributed by atoms with Crippen LogP contribution in [0.4, 0.5) is 5.69 Å². The highest BCUT2D eigenvalue weighted by molar-refractivity contribution is 7.78. The summed E-state index contributed by atoms with van der Waals surface area (Å²) in [4.78, 5) is 3.74. The Labute approximate surface area is 125 Å². The van der Waals surface area contributed by atoms with E-state index in [1.54, 1.807) is 0 Å². The number of aliphatic imine (C=N–C) groups is 1. The van der Waals surface area contributed by atoms with Gasteiger partial charge in [0.15, 0.2) is 11.9 Å². The van der Waals surface area contributed by atoms with E-state index >= 15 is 0 Å². The third-order valence-electron chi connectivity index (χ3n) is 3.52. The number of rotatable bonds is 3. The molecule has 0 amide bonds. The zero-order chi connectivity index (χ0) is 15.6. The first-order valence-corrected chi connectivity index (χ1v) is 6.57. The van der Waals surface area contributed by atoms with E-state index in [4.69, 9.17) is 9.84 Å². The smallest absolute Gasteiger partial charge is 0.191 e. The largest absolute Gasteiger partial charge is 0.394 e. The van der Waals surface area contributed by atoms with Gasteiger partial charge in [0.25, 0.3) is 0 Å². The third kappa shape index (κ3) is 2.76. The van der Waals surface area contributed by atoms with E-state index in [0.29, 0.717) is 5.69 Å². The molecule has 0 radical (unpaired) electrons. The van der Waals surface area contributed by atoms with Gasteiger partial charge in [0.05, 0.1) is 17.5 Å². The number of hydrogen-bond acceptors (Lipinski definition) is 8. The van der Waals surface area contributed by atoms with E-state index in [2.05, 4.69) is 22.4 Å². The van der Waals surface area contributed by atoms with Crippen molar-refractivity contribution < 1.29 is 30.3 Å². The molecular formula is C13H15NO6S. The van der Waals surface area contributed by atoms with E-state index < -0.39 is 36.8 Å². The Morgan fingerprint density at radius 3 is 2.38 bits per heavy atom. The number of aliphatic hydroxyl groups excluding tert-OH is 4. The van der Waals surface area contributed by atoms with Gasteiger partial charge >= 0.3 is 0 Å². The Balaban J connectivity index is 2.37. The van der Waals surface area contributed by atoms with Gasteiger partial charge in [-0.1, -0.05) is 12.1 Å². The lowest BCUT2D eigenvalue weighted by Gasteiger charge is -2.46. The summed E-state index contributed by atoms with van der Waals surface area (Å²) < 4.78 is 4.96. The zero-order valence-electron chi connectivity index (χ0n) is 10.8. The van der Waals surface area contributed by atoms with Gasteiger partial charge in [-0.15, -0.1) is 0 Å². The van der Waals surface area contributed by atoms with Crippen LogP contribution in [0.3, 0.4) is 0 Å². The highest BCUT2D eigenvalue weighted by atomic mass is 32.1. The maximum atomic E-state index is 10.6. The van der Waals surface area contributed by atoms with Gasteiger partial charge in [-0.3, -0.25) is 0 Å². The molecule has 0 aliphatic carbocycles. The van der Waals surface area contributed by atoms with Crippen LogP contribution >= 0.6 is 12.2 Å². The highest BCUT2D eigenvalue weighted by Crippen LogP contribution is 2.37. The van der Waals surface area contributed by atoms with Crippen LogP contribution in [0.2, 0.25) is 0 Å². The van der Waals surface area contributed by atoms with Crippen LogP contribution in [-0.2, 0) is 10.3 Å². The van der Waals surface area contributed by atoms with Gasteiger partial charge in [-0.2, -0.15) is 4.99 Å². The Hall–Kier alpha value is -1.22. The number of thiocarbonyl (C=S) groups is 1. The molecule has 0 spiro atoms. The normalized spacial score (nSPS) is 36.0. The molecule has 1 aromatic rings. The monoisotopic (exact) mass is 313 g/mol. The van der Waals surface area contributed by atoms with Crippen molar-refractivity contribution in [2.75, 3.05) is 6.61 Å². The second kappa shape index (κ2) is 6.27. The maximum Gasteiger partial charge on any atom is 0.191 e. The van der Waals surface area contributed by atoms with Crippen molar-refractivity contribution in [2.24, 2.45) is 4.99 Å². The molecule has 1 aromatic carbocycles. The molecule has 1 heterocycles. The zero-order valence-corrected chi connectivity index (χ0v) is 11.6. The Morgan fingerprint density at radius 1 is 1.24 bits per heavy atom. The summed E-state index contributed by atoms with van der Waals surface area (Å²) in [6, 6.07) is 5.81. The molecule has 0 bridgehead atoms. The minimum absolute atomic E-state index is 0.126. The van der Waals surface area contributed by atoms with Gasteiger partial charge in [0.2, 0.25) is 0 Å². The third-order valence-corrected chi connectivity index (χ3v) is 3.61. The Kier molecular flexibility index (Phi) is 4.82. The summed E-state index contributed by atoms with van der Waals surface area (Å²) in [5, 5.41) is 51.6. The molecule has 2 rings (SSSR count). The van der Waals surface area contributed by atoms with Crippen LogP contribution in [0.25, 0.3) is 0 Å². The minimum atomic E-state index is -2.23. The van der Waals surface area contributed by atoms with Crippen molar-refractivity contribution in [3.8, 4) is 0 Å². The molecule has 1 saturated heterocycles. The molecule has 7 nitrogen and oxygen atoms in total. The number of isothiocyanates is 1. The van der Waals surface area contributed by atoms with E-state index in [0.717, 1.165) is 0 Å². The predicted molar refractivity (Wildman–Crippen MR) is 75.0 cm³/mol. The van der Waals surface area contributed by atoms with Gasteiger partial charge in [0, 0.05) is 0 Å². The number of hydrogen-bond donors (Lipinski definition) is 5. The maximum absolute atomic E-state index is 10.6. The average molecular weight is 313 g/mol. The first-order valence-electron chi connectivity index (χ1n) is 6.16. The topological polar surface area (TPSA) is 123 Å². The predicted octanol–water partition coefficient (Wildman–Crippen LogP) is -0.960. The second-order valence-corrected chi connectivity index (χ2v) is 4.90. The number of benzene rings is 1. The molecule has 1 aliphatic heterocycles. The molecule has 8 heteroatoms. The van der Waals surface area contributed by atoms with Crippen molar-refractivity contribution in [2.45, 2.75) is 30.2 Å². The number of aliphatic hydroxyl groups is 5. The molecule has 0 aromatic heterocycles. The second-order valence-electron chi connectivity index (χ2n) is 4.72. The van der Waals surface area contributed by atoms with E-state index in [-0.39, 0.29) is 5.56 Å². The van der Waals surface area contributed by atoms with Crippen molar-refractivity contribution in [3.05, 3.63) is 29.8 Å². The fourth-order valence-electron chi connectivity index (χ4n) is 2.28. The van der Waals surface area contributed by atoms with Crippen molar-refractivity contribution in [1.29, 1.82) is 0 Å². The number of ether oxygens (including phenoxy) is 1. The fraction of sp³-hybridized carbons (Fsp3) is 0.462. The van der Waals surface area contributed by atoms with E-state index in [1.165, 1.54) is 24.3 Å². The average Bonchev–Trinajstić information content (AvgIpc) is 2.50. The molecular weight excluding hydrogens is 298 g/mol. The van der Waals surface area contributed by atoms with Crippen LogP contribution in [0.1, 0.15) is 5.56 Å². The van der Waals surface area contributed by atoms with Crippen molar-refractivity contribution in [1.82, 2.24) is 0 Å². The molecule has 5 N–H and O–H groups in total. The van der Waals surface area contributed by atoms with Gasteiger partial charge in [-0.25, -0.2) is 0 Å². The first-order chi connectivity index (χ1) is 9.94. The van der Waals surface area contributed by atoms with Crippen LogP contribution in [0, 0.1) is 0 Å². The molecule has 21 heavy (non-hydrogen) atoms. The molecule has 1 aliphatic rings. The Morgan fingerprint density at radius 2 is 1.86 bits per heavy atom. The minimum Gasteiger partial charge on any atom is -0.394 e. The lowest BCUT2D eigenvalue weighted by Crippen LogP contribution is -2.64. The molecule has 114 valence electrons. The van der Waals surface area contributed by atoms with Gasteiger partial charge in [0.1, 0.15) is 18.3 Å². The van der Waals surface area contributed by atoms with Crippen molar-refractivity contribution in [3.63, 3.8) is 0 Å². The summed E-state index contributed by atoms with van der Waals surface area (Å²) >= 11 is 4.47. The Bertz CT molecular complexity index is 546. The first kappa shape index (κ1) is 16.2. The summed E-state index contributed by atoms with van der Waals surface area (Å²) in [5.41, 5.74) is -1.63. The van der Waals surface area contributed by atoms with Crippen LogP contribution in [0.15, 0.2) is 29.3 Å². The quantitative estimate of drug-likeness (QED) is 0.360. The summed E-state index contributed by atoms with van der Waals surface area (Å²) in [6.45, 7) is -0.603. The van der Waals surface area contributed by atoms with E-state index in [9.17, 15) is 20.4 Å². The summed E-state index contributed by atoms with van der Waals surface area (Å²) in [5.74, 6) is 0. The lowest BCUT2D eigenvalue weighted by molar-refractivity contribution is -0.335. The van der Waals surface area contributed by atoms with Crippen LogP contribution in [-0.4, -0.2) is 61.9 Å². The van der Waals surface area contributed by atoms with E-state index in [1.807, 2.05) is 0 Å². The van der Waals surface area contributed by atoms with Crippen molar-refractivity contribution >= 4 is 23.1 Å². The molecule has 0 saturated carbocycles. The summed E-state index contributed by atoms with van der Waals surface area (Å²) in [7, 11) is 0. The standard InChI is InChI=1S/C13H15NO6S/c15-5-9-10(16)11(17)13(19,12(18)20-9)7-1-3-8(4-2-7)14-6-21/h1-4,9-12,15-19H,5H2/t9-,10-,11+,12+,13+/m1/s1. The molecule has 5 atom stereocenters.